The summed E-state index contributed by atoms with van der Waals surface area (Å²) in [5.41, 5.74) is 5.62. The number of rotatable bonds is 12. The Morgan fingerprint density at radius 3 is 2.24 bits per heavy atom. The van der Waals surface area contributed by atoms with Gasteiger partial charge in [-0.15, -0.1) is 0 Å². The average Bonchev–Trinajstić information content (AvgIpc) is 3.04. The number of ether oxygens (including phenoxy) is 2. The second-order valence-corrected chi connectivity index (χ2v) is 13.0. The molecular formula is C33H35NO6S2. The van der Waals surface area contributed by atoms with Crippen LogP contribution in [-0.2, 0) is 32.6 Å². The van der Waals surface area contributed by atoms with E-state index in [0.29, 0.717) is 12.2 Å². The van der Waals surface area contributed by atoms with Gasteiger partial charge in [0.15, 0.2) is 6.29 Å². The van der Waals surface area contributed by atoms with Crippen LogP contribution in [0.25, 0.3) is 11.1 Å². The van der Waals surface area contributed by atoms with E-state index >= 15 is 0 Å². The highest BCUT2D eigenvalue weighted by Crippen LogP contribution is 2.39. The SMILES string of the molecule is O=S(=O)(NCc1cccc(-c2ccc(C3OC(CSCCO)CC(c4ccc(CO)cc4)O3)cc2)c1)c1ccccc1. The van der Waals surface area contributed by atoms with Crippen LogP contribution in [0.3, 0.4) is 0 Å². The third kappa shape index (κ3) is 7.87. The summed E-state index contributed by atoms with van der Waals surface area (Å²) >= 11 is 1.66. The predicted octanol–water partition coefficient (Wildman–Crippen LogP) is 5.60. The minimum atomic E-state index is -3.60. The van der Waals surface area contributed by atoms with Gasteiger partial charge >= 0.3 is 0 Å². The van der Waals surface area contributed by atoms with E-state index in [1.165, 1.54) is 0 Å². The van der Waals surface area contributed by atoms with Gasteiger partial charge in [-0.3, -0.25) is 0 Å². The summed E-state index contributed by atoms with van der Waals surface area (Å²) < 4.78 is 40.7. The Morgan fingerprint density at radius 2 is 1.52 bits per heavy atom. The number of benzene rings is 4. The maximum atomic E-state index is 12.6. The van der Waals surface area contributed by atoms with Gasteiger partial charge < -0.3 is 19.7 Å². The van der Waals surface area contributed by atoms with Crippen molar-refractivity contribution in [3.63, 3.8) is 0 Å². The molecule has 0 aliphatic carbocycles. The molecule has 5 rings (SSSR count). The van der Waals surface area contributed by atoms with Gasteiger partial charge in [0.05, 0.1) is 30.3 Å². The first-order valence-corrected chi connectivity index (χ1v) is 16.5. The van der Waals surface area contributed by atoms with Crippen molar-refractivity contribution in [1.82, 2.24) is 4.72 Å². The lowest BCUT2D eigenvalue weighted by Crippen LogP contribution is -2.31. The number of nitrogens with one attached hydrogen (secondary N) is 1. The van der Waals surface area contributed by atoms with E-state index in [-0.39, 0.29) is 36.9 Å². The highest BCUT2D eigenvalue weighted by Gasteiger charge is 2.32. The number of thioether (sulfide) groups is 1. The predicted molar refractivity (Wildman–Crippen MR) is 165 cm³/mol. The van der Waals surface area contributed by atoms with Gasteiger partial charge in [-0.2, -0.15) is 11.8 Å². The van der Waals surface area contributed by atoms with E-state index in [9.17, 15) is 18.6 Å². The van der Waals surface area contributed by atoms with Gasteiger partial charge in [-0.1, -0.05) is 84.9 Å². The van der Waals surface area contributed by atoms with Crippen LogP contribution in [-0.4, -0.2) is 42.8 Å². The third-order valence-electron chi connectivity index (χ3n) is 7.12. The lowest BCUT2D eigenvalue weighted by atomic mass is 9.99. The minimum absolute atomic E-state index is 0.00345. The number of sulfonamides is 1. The van der Waals surface area contributed by atoms with Crippen LogP contribution >= 0.6 is 11.8 Å². The molecule has 3 unspecified atom stereocenters. The van der Waals surface area contributed by atoms with Crippen LogP contribution in [0.5, 0.6) is 0 Å². The Balaban J connectivity index is 1.29. The number of hydrogen-bond donors (Lipinski definition) is 3. The van der Waals surface area contributed by atoms with E-state index in [0.717, 1.165) is 39.1 Å². The van der Waals surface area contributed by atoms with Gasteiger partial charge in [-0.05, 0) is 46.0 Å². The third-order valence-corrected chi connectivity index (χ3v) is 9.61. The molecule has 1 aliphatic rings. The fraction of sp³-hybridized carbons (Fsp3) is 0.273. The van der Waals surface area contributed by atoms with Crippen molar-refractivity contribution in [2.45, 2.75) is 43.0 Å². The Labute approximate surface area is 251 Å². The average molecular weight is 606 g/mol. The van der Waals surface area contributed by atoms with E-state index < -0.39 is 16.3 Å². The normalized spacial score (nSPS) is 19.0. The summed E-state index contributed by atoms with van der Waals surface area (Å²) in [5.74, 6) is 1.41. The molecule has 0 amide bonds. The Morgan fingerprint density at radius 1 is 0.786 bits per heavy atom. The van der Waals surface area contributed by atoms with Gasteiger partial charge in [-0.25, -0.2) is 13.1 Å². The lowest BCUT2D eigenvalue weighted by molar-refractivity contribution is -0.245. The largest absolute Gasteiger partial charge is 0.396 e. The van der Waals surface area contributed by atoms with Crippen LogP contribution in [0.15, 0.2) is 108 Å². The molecule has 0 radical (unpaired) electrons. The van der Waals surface area contributed by atoms with E-state index in [1.807, 2.05) is 72.8 Å². The van der Waals surface area contributed by atoms with Gasteiger partial charge in [0.2, 0.25) is 10.0 Å². The summed E-state index contributed by atoms with van der Waals surface area (Å²) in [7, 11) is -3.60. The topological polar surface area (TPSA) is 105 Å². The fourth-order valence-corrected chi connectivity index (χ4v) is 6.67. The second-order valence-electron chi connectivity index (χ2n) is 10.1. The molecule has 0 spiro atoms. The molecular weight excluding hydrogens is 570 g/mol. The molecule has 0 bridgehead atoms. The van der Waals surface area contributed by atoms with Crippen molar-refractivity contribution in [2.24, 2.45) is 0 Å². The molecule has 42 heavy (non-hydrogen) atoms. The summed E-state index contributed by atoms with van der Waals surface area (Å²) in [6.07, 6.45) is -0.0494. The Hall–Kier alpha value is -3.02. The Bertz CT molecular complexity index is 1530. The van der Waals surface area contributed by atoms with Crippen molar-refractivity contribution in [3.8, 4) is 11.1 Å². The molecule has 4 aromatic carbocycles. The minimum Gasteiger partial charge on any atom is -0.396 e. The number of aliphatic hydroxyl groups is 2. The maximum Gasteiger partial charge on any atom is 0.240 e. The molecule has 0 aromatic heterocycles. The standard InChI is InChI=1S/C33H35NO6S2/c35-17-18-41-23-30-20-32(27-11-9-24(22-36)10-12-27)40-33(39-30)28-15-13-26(14-16-28)29-6-4-5-25(19-29)21-34-42(37,38)31-7-2-1-3-8-31/h1-16,19,30,32-36H,17-18,20-23H2. The molecule has 220 valence electrons. The van der Waals surface area contributed by atoms with Crippen LogP contribution in [0.4, 0.5) is 0 Å². The summed E-state index contributed by atoms with van der Waals surface area (Å²) in [6.45, 7) is 0.310. The first-order chi connectivity index (χ1) is 20.4. The van der Waals surface area contributed by atoms with Gasteiger partial charge in [0.25, 0.3) is 0 Å². The second kappa shape index (κ2) is 14.4. The van der Waals surface area contributed by atoms with Crippen LogP contribution < -0.4 is 4.72 Å². The number of aliphatic hydroxyl groups excluding tert-OH is 2. The van der Waals surface area contributed by atoms with Crippen molar-refractivity contribution in [3.05, 3.63) is 125 Å². The molecule has 7 nitrogen and oxygen atoms in total. The molecule has 3 atom stereocenters. The molecule has 9 heteroatoms. The zero-order valence-electron chi connectivity index (χ0n) is 23.1. The fourth-order valence-electron chi connectivity index (χ4n) is 4.86. The molecule has 3 N–H and O–H groups in total. The molecule has 1 heterocycles. The quantitative estimate of drug-likeness (QED) is 0.181. The highest BCUT2D eigenvalue weighted by molar-refractivity contribution is 7.99. The zero-order valence-corrected chi connectivity index (χ0v) is 24.8. The van der Waals surface area contributed by atoms with Gasteiger partial charge in [0.1, 0.15) is 0 Å². The zero-order chi connectivity index (χ0) is 29.4. The van der Waals surface area contributed by atoms with Crippen LogP contribution in [0, 0.1) is 0 Å². The smallest absolute Gasteiger partial charge is 0.240 e. The lowest BCUT2D eigenvalue weighted by Gasteiger charge is -2.36. The highest BCUT2D eigenvalue weighted by atomic mass is 32.2. The van der Waals surface area contributed by atoms with E-state index in [1.54, 1.807) is 42.1 Å². The number of hydrogen-bond acceptors (Lipinski definition) is 7. The summed E-state index contributed by atoms with van der Waals surface area (Å²) in [5, 5.41) is 18.6. The van der Waals surface area contributed by atoms with Crippen molar-refractivity contribution < 1.29 is 28.1 Å². The first kappa shape index (κ1) is 30.4. The molecule has 0 saturated carbocycles. The van der Waals surface area contributed by atoms with Crippen molar-refractivity contribution in [1.29, 1.82) is 0 Å². The monoisotopic (exact) mass is 605 g/mol. The molecule has 1 saturated heterocycles. The summed E-state index contributed by atoms with van der Waals surface area (Å²) in [4.78, 5) is 0.238. The van der Waals surface area contributed by atoms with Crippen molar-refractivity contribution >= 4 is 21.8 Å². The summed E-state index contributed by atoms with van der Waals surface area (Å²) in [6, 6.07) is 32.0. The maximum absolute atomic E-state index is 12.6. The van der Waals surface area contributed by atoms with Gasteiger partial charge in [0, 0.05) is 30.0 Å². The molecule has 1 aliphatic heterocycles. The molecule has 4 aromatic rings. The van der Waals surface area contributed by atoms with E-state index in [2.05, 4.69) is 4.72 Å². The van der Waals surface area contributed by atoms with Crippen LogP contribution in [0.2, 0.25) is 0 Å². The Kier molecular flexibility index (Phi) is 10.5. The van der Waals surface area contributed by atoms with Crippen LogP contribution in [0.1, 0.15) is 41.1 Å². The van der Waals surface area contributed by atoms with E-state index in [4.69, 9.17) is 9.47 Å². The van der Waals surface area contributed by atoms with Crippen molar-refractivity contribution in [2.75, 3.05) is 18.1 Å². The molecule has 1 fully saturated rings. The first-order valence-electron chi connectivity index (χ1n) is 13.9.